The van der Waals surface area contributed by atoms with E-state index in [-0.39, 0.29) is 29.0 Å². The molecular formula is C106H78BBrN10O-2. The van der Waals surface area contributed by atoms with E-state index in [0.717, 1.165) is 115 Å². The number of halogens is 1. The Labute approximate surface area is 701 Å². The average molecular weight is 1600 g/mol. The van der Waals surface area contributed by atoms with Gasteiger partial charge < -0.3 is 17.2 Å². The normalized spacial score (nSPS) is 12.1. The van der Waals surface area contributed by atoms with E-state index >= 15 is 0 Å². The Morgan fingerprint density at radius 2 is 0.647 bits per heavy atom. The largest absolute Gasteiger partial charge is 0.358 e. The third-order valence-electron chi connectivity index (χ3n) is 22.4. The quantitative estimate of drug-likeness (QED) is 0.0976. The number of hydrogen-bond donors (Lipinski definition) is 0. The molecule has 2 aliphatic carbocycles. The average Bonchev–Trinajstić information content (AvgIpc) is 1.52. The van der Waals surface area contributed by atoms with Gasteiger partial charge in [-0.3, -0.25) is 13.9 Å². The van der Waals surface area contributed by atoms with Crippen LogP contribution in [0.3, 0.4) is 0 Å². The van der Waals surface area contributed by atoms with Crippen molar-refractivity contribution in [1.82, 2.24) is 39.0 Å². The molecule has 11 nitrogen and oxygen atoms in total. The van der Waals surface area contributed by atoms with Gasteiger partial charge in [-0.2, -0.15) is 19.9 Å². The van der Waals surface area contributed by atoms with Crippen LogP contribution in [0.1, 0.15) is 45.6 Å². The number of ketones is 1. The van der Waals surface area contributed by atoms with Crippen LogP contribution in [0.15, 0.2) is 411 Å². The predicted molar refractivity (Wildman–Crippen MR) is 498 cm³/mol. The summed E-state index contributed by atoms with van der Waals surface area (Å²) in [6.07, 6.45) is 0. The minimum atomic E-state index is -0.560. The van der Waals surface area contributed by atoms with Crippen LogP contribution in [-0.2, 0) is 5.41 Å². The van der Waals surface area contributed by atoms with Gasteiger partial charge in [-0.05, 0) is 157 Å². The van der Waals surface area contributed by atoms with E-state index in [2.05, 4.69) is 284 Å². The summed E-state index contributed by atoms with van der Waals surface area (Å²) in [5.74, 6) is 3.66. The molecule has 16 aromatic carbocycles. The highest BCUT2D eigenvalue weighted by Gasteiger charge is 2.52. The first-order chi connectivity index (χ1) is 57.4. The topological polar surface area (TPSA) is 111 Å². The maximum Gasteiger partial charge on any atom is 0.238 e. The van der Waals surface area contributed by atoms with E-state index in [9.17, 15) is 4.79 Å². The molecular weight excluding hydrogens is 1520 g/mol. The van der Waals surface area contributed by atoms with Gasteiger partial charge >= 0.3 is 0 Å². The van der Waals surface area contributed by atoms with Gasteiger partial charge in [-0.1, -0.05) is 325 Å². The van der Waals surface area contributed by atoms with E-state index in [1.807, 2.05) is 158 Å². The Morgan fingerprint density at radius 3 is 1.12 bits per heavy atom. The lowest BCUT2D eigenvalue weighted by molar-refractivity contribution is 0.104. The number of hydrogen-bond acceptors (Lipinski definition) is 9. The number of aromatic nitrogens is 8. The molecule has 0 unspecified atom stereocenters. The van der Waals surface area contributed by atoms with Crippen molar-refractivity contribution in [3.63, 3.8) is 0 Å². The van der Waals surface area contributed by atoms with Crippen molar-refractivity contribution < 1.29 is 4.79 Å². The van der Waals surface area contributed by atoms with Gasteiger partial charge in [-0.15, -0.1) is 0 Å². The van der Waals surface area contributed by atoms with Crippen molar-refractivity contribution in [1.29, 1.82) is 0 Å². The third kappa shape index (κ3) is 12.8. The fourth-order valence-electron chi connectivity index (χ4n) is 17.3. The smallest absolute Gasteiger partial charge is 0.238 e. The molecule has 1 aliphatic heterocycles. The molecule has 3 aliphatic rings. The first-order valence-corrected chi connectivity index (χ1v) is 39.5. The number of carbonyl (C=O) groups excluding carboxylic acids is 1. The molecule has 0 amide bonds. The highest BCUT2D eigenvalue weighted by Crippen LogP contribution is 2.64. The summed E-state index contributed by atoms with van der Waals surface area (Å²) in [4.78, 5) is 48.3. The zero-order valence-corrected chi connectivity index (χ0v) is 65.0. The Balaban J connectivity index is 0.000000136. The van der Waals surface area contributed by atoms with Gasteiger partial charge in [0, 0.05) is 76.5 Å². The molecule has 0 atom stereocenters. The lowest BCUT2D eigenvalue weighted by Gasteiger charge is -2.45. The molecule has 0 radical (unpaired) electrons. The molecule has 0 saturated heterocycles. The fraction of sp³-hybridized carbons (Fsp3) is 0.0189. The van der Waals surface area contributed by atoms with Crippen molar-refractivity contribution in [3.05, 3.63) is 452 Å². The van der Waals surface area contributed by atoms with Gasteiger partial charge in [0.2, 0.25) is 11.9 Å². The highest BCUT2D eigenvalue weighted by molar-refractivity contribution is 9.10. The lowest BCUT2D eigenvalue weighted by atomic mass is 9.64. The SMILES string of the molecule is Brc1ccccc1N(c1ccccc1)c1ccccc1.C.O=C1c2ccccc2-c2cc3c(cc21)c1ccccc1n3-c1nc(-c2ccccc2)nc(-c2ccccc2)n1.[BH4-].[CH3-].c1ccc(-c2nc(-c3ccccc3)nc(-n3c4ccccc4c4cc5c(cc43)-c3ccccc3C53c4ccccc4N(c4ccccc4)c4ccccc43)n2)cc1. The van der Waals surface area contributed by atoms with Crippen LogP contribution in [0.4, 0.5) is 34.1 Å². The number of fused-ring (bicyclic) bond motifs is 18. The van der Waals surface area contributed by atoms with E-state index in [1.165, 1.54) is 44.8 Å². The molecule has 570 valence electrons. The maximum absolute atomic E-state index is 13.3. The molecule has 0 bridgehead atoms. The molecule has 0 saturated carbocycles. The molecule has 20 aromatic rings. The first kappa shape index (κ1) is 75.3. The summed E-state index contributed by atoms with van der Waals surface area (Å²) in [5, 5.41) is 4.34. The van der Waals surface area contributed by atoms with Crippen LogP contribution >= 0.6 is 15.9 Å². The van der Waals surface area contributed by atoms with Crippen LogP contribution in [0.25, 0.3) is 123 Å². The summed E-state index contributed by atoms with van der Waals surface area (Å²) in [5.41, 5.74) is 25.0. The molecule has 0 fully saturated rings. The second kappa shape index (κ2) is 31.6. The number of anilines is 6. The zero-order chi connectivity index (χ0) is 77.2. The van der Waals surface area contributed by atoms with Gasteiger partial charge in [0.1, 0.15) is 0 Å². The van der Waals surface area contributed by atoms with E-state index in [4.69, 9.17) is 29.9 Å². The maximum atomic E-state index is 13.3. The van der Waals surface area contributed by atoms with Crippen LogP contribution in [0.2, 0.25) is 0 Å². The first-order valence-electron chi connectivity index (χ1n) is 38.7. The number of rotatable bonds is 10. The minimum absolute atomic E-state index is 0. The van der Waals surface area contributed by atoms with Crippen LogP contribution < -0.4 is 9.80 Å². The van der Waals surface area contributed by atoms with E-state index < -0.39 is 5.41 Å². The minimum Gasteiger partial charge on any atom is -0.358 e. The Bertz CT molecular complexity index is 6990. The molecule has 5 heterocycles. The van der Waals surface area contributed by atoms with Gasteiger partial charge in [0.25, 0.3) is 0 Å². The molecule has 0 N–H and O–H groups in total. The zero-order valence-electron chi connectivity index (χ0n) is 63.4. The summed E-state index contributed by atoms with van der Waals surface area (Å²) < 4.78 is 5.41. The van der Waals surface area contributed by atoms with Crippen molar-refractivity contribution in [2.45, 2.75) is 12.8 Å². The number of carbonyl (C=O) groups is 1. The second-order valence-electron chi connectivity index (χ2n) is 28.9. The van der Waals surface area contributed by atoms with Crippen molar-refractivity contribution in [2.24, 2.45) is 0 Å². The summed E-state index contributed by atoms with van der Waals surface area (Å²) in [7, 11) is 0. The van der Waals surface area contributed by atoms with Crippen molar-refractivity contribution in [2.75, 3.05) is 9.80 Å². The van der Waals surface area contributed by atoms with Crippen molar-refractivity contribution in [3.8, 4) is 79.7 Å². The summed E-state index contributed by atoms with van der Waals surface area (Å²) in [6, 6.07) is 141. The molecule has 1 spiro atoms. The fourth-order valence-corrected chi connectivity index (χ4v) is 17.8. The Hall–Kier alpha value is -15.0. The van der Waals surface area contributed by atoms with Gasteiger partial charge in [0.05, 0.1) is 44.5 Å². The van der Waals surface area contributed by atoms with Crippen molar-refractivity contribution >= 4 is 108 Å². The van der Waals surface area contributed by atoms with E-state index in [1.54, 1.807) is 0 Å². The molecule has 13 heteroatoms. The summed E-state index contributed by atoms with van der Waals surface area (Å²) >= 11 is 3.65. The number of benzene rings is 16. The summed E-state index contributed by atoms with van der Waals surface area (Å²) in [6.45, 7) is 0. The van der Waals surface area contributed by atoms with E-state index in [0.29, 0.717) is 35.2 Å². The molecule has 23 rings (SSSR count). The highest BCUT2D eigenvalue weighted by atomic mass is 79.9. The standard InChI is InChI=1S/C52H33N5.C34H20N4O.C18H14BrN.CH4.CH3.BH4/c1-4-18-34(19-5-1)49-53-50(35-20-6-2-7-21-35)55-51(54-49)57-45-29-15-11-25-38(45)40-32-44-39(33-48(40)57)37-24-10-12-26-41(37)52(44)42-27-13-16-30-46(42)56(36-22-8-3-9-23-36)47-31-17-14-28-43(47)52;39-31-25-17-8-7-15-23(25)26-20-30-27(19-28(26)31)24-16-9-10-18-29(24)38(30)34-36-32(21-11-3-1-4-12-21)35-33(37-34)22-13-5-2-6-14-22;19-17-13-7-8-14-18(17)20(15-9-3-1-4-10-15)16-11-5-2-6-12-16;;;/h1-33H;1-20H;1-14H;1H4;1H3;1H4/q;;;;2*-1. The van der Waals surface area contributed by atoms with Gasteiger partial charge in [-0.25, -0.2) is 9.97 Å². The third-order valence-corrected chi connectivity index (χ3v) is 23.0. The molecule has 4 aromatic heterocycles. The second-order valence-corrected chi connectivity index (χ2v) is 29.8. The predicted octanol–water partition coefficient (Wildman–Crippen LogP) is 25.5. The van der Waals surface area contributed by atoms with Gasteiger partial charge in [0.15, 0.2) is 29.1 Å². The van der Waals surface area contributed by atoms with Crippen LogP contribution in [0.5, 0.6) is 0 Å². The lowest BCUT2D eigenvalue weighted by Crippen LogP contribution is -2.36. The molecule has 119 heavy (non-hydrogen) atoms. The monoisotopic (exact) mass is 1600 g/mol. The number of para-hydroxylation sites is 8. The van der Waals surface area contributed by atoms with Crippen LogP contribution in [0, 0.1) is 7.43 Å². The number of nitrogens with zero attached hydrogens (tertiary/aromatic N) is 10. The Morgan fingerprint density at radius 1 is 0.286 bits per heavy atom. The Kier molecular flexibility index (Phi) is 20.0. The van der Waals surface area contributed by atoms with Crippen LogP contribution in [-0.4, -0.2) is 53.2 Å².